The lowest BCUT2D eigenvalue weighted by Crippen LogP contribution is -2.36. The van der Waals surface area contributed by atoms with E-state index in [1.54, 1.807) is 0 Å². The van der Waals surface area contributed by atoms with Crippen LogP contribution < -0.4 is 5.32 Å². The van der Waals surface area contributed by atoms with E-state index in [0.717, 1.165) is 25.7 Å². The van der Waals surface area contributed by atoms with Crippen molar-refractivity contribution in [3.63, 3.8) is 0 Å². The SMILES string of the molecule is CC(C)C(O)CCNC(=O)CC1(O)CCCC1. The Morgan fingerprint density at radius 1 is 1.35 bits per heavy atom. The molecule has 3 N–H and O–H groups in total. The summed E-state index contributed by atoms with van der Waals surface area (Å²) >= 11 is 0. The van der Waals surface area contributed by atoms with Crippen molar-refractivity contribution in [2.45, 2.75) is 64.1 Å². The highest BCUT2D eigenvalue weighted by molar-refractivity contribution is 5.77. The largest absolute Gasteiger partial charge is 0.393 e. The van der Waals surface area contributed by atoms with Gasteiger partial charge in [0.1, 0.15) is 0 Å². The third-order valence-corrected chi connectivity index (χ3v) is 3.56. The Bertz CT molecular complexity index is 247. The van der Waals surface area contributed by atoms with Gasteiger partial charge in [0, 0.05) is 6.54 Å². The summed E-state index contributed by atoms with van der Waals surface area (Å²) in [7, 11) is 0. The number of hydrogen-bond donors (Lipinski definition) is 3. The van der Waals surface area contributed by atoms with E-state index in [1.165, 1.54) is 0 Å². The van der Waals surface area contributed by atoms with Crippen molar-refractivity contribution in [2.75, 3.05) is 6.54 Å². The van der Waals surface area contributed by atoms with Gasteiger partial charge in [0.05, 0.1) is 18.1 Å². The van der Waals surface area contributed by atoms with Crippen LogP contribution in [-0.2, 0) is 4.79 Å². The molecule has 1 aliphatic carbocycles. The molecule has 0 heterocycles. The normalized spacial score (nSPS) is 20.5. The summed E-state index contributed by atoms with van der Waals surface area (Å²) in [6.07, 6.45) is 3.88. The zero-order chi connectivity index (χ0) is 12.9. The van der Waals surface area contributed by atoms with Crippen molar-refractivity contribution in [3.8, 4) is 0 Å². The van der Waals surface area contributed by atoms with Gasteiger partial charge in [-0.2, -0.15) is 0 Å². The second-order valence-corrected chi connectivity index (χ2v) is 5.56. The molecule has 100 valence electrons. The van der Waals surface area contributed by atoms with Crippen LogP contribution in [0.1, 0.15) is 52.4 Å². The molecule has 1 aliphatic rings. The van der Waals surface area contributed by atoms with E-state index >= 15 is 0 Å². The molecule has 1 amide bonds. The van der Waals surface area contributed by atoms with Gasteiger partial charge < -0.3 is 15.5 Å². The number of amides is 1. The van der Waals surface area contributed by atoms with E-state index in [-0.39, 0.29) is 24.3 Å². The second-order valence-electron chi connectivity index (χ2n) is 5.56. The molecule has 0 saturated heterocycles. The standard InChI is InChI=1S/C13H25NO3/c1-10(2)11(15)5-8-14-12(16)9-13(17)6-3-4-7-13/h10-11,15,17H,3-9H2,1-2H3,(H,14,16). The molecule has 0 aromatic carbocycles. The molecule has 0 spiro atoms. The molecular formula is C13H25NO3. The first-order valence-electron chi connectivity index (χ1n) is 6.60. The first-order valence-corrected chi connectivity index (χ1v) is 6.60. The number of carbonyl (C=O) groups is 1. The Morgan fingerprint density at radius 2 is 1.94 bits per heavy atom. The summed E-state index contributed by atoms with van der Waals surface area (Å²) in [6, 6.07) is 0. The van der Waals surface area contributed by atoms with Gasteiger partial charge in [-0.1, -0.05) is 26.7 Å². The van der Waals surface area contributed by atoms with Crippen LogP contribution >= 0.6 is 0 Å². The van der Waals surface area contributed by atoms with Crippen molar-refractivity contribution >= 4 is 5.91 Å². The van der Waals surface area contributed by atoms with E-state index in [9.17, 15) is 15.0 Å². The topological polar surface area (TPSA) is 69.6 Å². The summed E-state index contributed by atoms with van der Waals surface area (Å²) in [6.45, 7) is 4.38. The van der Waals surface area contributed by atoms with Crippen LogP contribution in [-0.4, -0.2) is 34.4 Å². The minimum absolute atomic E-state index is 0.106. The van der Waals surface area contributed by atoms with E-state index < -0.39 is 5.60 Å². The van der Waals surface area contributed by atoms with Gasteiger partial charge in [-0.3, -0.25) is 4.79 Å². The number of aliphatic hydroxyl groups excluding tert-OH is 1. The lowest BCUT2D eigenvalue weighted by Gasteiger charge is -2.21. The Balaban J connectivity index is 2.17. The first-order chi connectivity index (χ1) is 7.93. The Kier molecular flexibility index (Phi) is 5.40. The maximum absolute atomic E-state index is 11.6. The number of nitrogens with one attached hydrogen (secondary N) is 1. The average molecular weight is 243 g/mol. The fraction of sp³-hybridized carbons (Fsp3) is 0.923. The molecule has 1 rings (SSSR count). The van der Waals surface area contributed by atoms with Crippen LogP contribution in [0, 0.1) is 5.92 Å². The molecule has 1 atom stereocenters. The Hall–Kier alpha value is -0.610. The van der Waals surface area contributed by atoms with Crippen LogP contribution in [0.4, 0.5) is 0 Å². The van der Waals surface area contributed by atoms with Gasteiger partial charge in [-0.15, -0.1) is 0 Å². The van der Waals surface area contributed by atoms with Crippen molar-refractivity contribution < 1.29 is 15.0 Å². The van der Waals surface area contributed by atoms with Gasteiger partial charge in [-0.05, 0) is 25.2 Å². The summed E-state index contributed by atoms with van der Waals surface area (Å²) in [5.41, 5.74) is -0.777. The van der Waals surface area contributed by atoms with Crippen molar-refractivity contribution in [1.29, 1.82) is 0 Å². The predicted octanol–water partition coefficient (Wildman–Crippen LogP) is 1.20. The molecule has 4 nitrogen and oxygen atoms in total. The smallest absolute Gasteiger partial charge is 0.222 e. The average Bonchev–Trinajstić information content (AvgIpc) is 2.64. The van der Waals surface area contributed by atoms with Crippen molar-refractivity contribution in [2.24, 2.45) is 5.92 Å². The Labute approximate surface area is 103 Å². The number of carbonyl (C=O) groups excluding carboxylic acids is 1. The third kappa shape index (κ3) is 5.04. The zero-order valence-electron chi connectivity index (χ0n) is 10.9. The number of hydrogen-bond acceptors (Lipinski definition) is 3. The summed E-state index contributed by atoms with van der Waals surface area (Å²) in [5, 5.41) is 22.4. The molecule has 17 heavy (non-hydrogen) atoms. The molecule has 1 saturated carbocycles. The highest BCUT2D eigenvalue weighted by atomic mass is 16.3. The molecule has 0 bridgehead atoms. The van der Waals surface area contributed by atoms with Crippen molar-refractivity contribution in [1.82, 2.24) is 5.32 Å². The fourth-order valence-corrected chi connectivity index (χ4v) is 2.26. The third-order valence-electron chi connectivity index (χ3n) is 3.56. The molecule has 0 aromatic heterocycles. The van der Waals surface area contributed by atoms with Crippen LogP contribution in [0.2, 0.25) is 0 Å². The van der Waals surface area contributed by atoms with Crippen LogP contribution in [0.25, 0.3) is 0 Å². The van der Waals surface area contributed by atoms with Crippen LogP contribution in [0.5, 0.6) is 0 Å². The number of aliphatic hydroxyl groups is 2. The molecule has 1 fully saturated rings. The Morgan fingerprint density at radius 3 is 2.47 bits per heavy atom. The predicted molar refractivity (Wildman–Crippen MR) is 66.5 cm³/mol. The highest BCUT2D eigenvalue weighted by Gasteiger charge is 2.33. The lowest BCUT2D eigenvalue weighted by molar-refractivity contribution is -0.126. The zero-order valence-corrected chi connectivity index (χ0v) is 10.9. The van der Waals surface area contributed by atoms with E-state index in [4.69, 9.17) is 0 Å². The van der Waals surface area contributed by atoms with Crippen molar-refractivity contribution in [3.05, 3.63) is 0 Å². The van der Waals surface area contributed by atoms with Gasteiger partial charge in [0.25, 0.3) is 0 Å². The molecule has 0 radical (unpaired) electrons. The molecule has 0 aromatic rings. The summed E-state index contributed by atoms with van der Waals surface area (Å²) in [5.74, 6) is 0.108. The minimum Gasteiger partial charge on any atom is -0.393 e. The van der Waals surface area contributed by atoms with E-state index in [1.807, 2.05) is 13.8 Å². The molecule has 1 unspecified atom stereocenters. The second kappa shape index (κ2) is 6.36. The molecule has 4 heteroatoms. The maximum atomic E-state index is 11.6. The summed E-state index contributed by atoms with van der Waals surface area (Å²) < 4.78 is 0. The van der Waals surface area contributed by atoms with Gasteiger partial charge in [0.2, 0.25) is 5.91 Å². The fourth-order valence-electron chi connectivity index (χ4n) is 2.26. The van der Waals surface area contributed by atoms with Crippen LogP contribution in [0.15, 0.2) is 0 Å². The number of rotatable bonds is 6. The quantitative estimate of drug-likeness (QED) is 0.656. The summed E-state index contributed by atoms with van der Waals surface area (Å²) in [4.78, 5) is 11.6. The van der Waals surface area contributed by atoms with E-state index in [0.29, 0.717) is 13.0 Å². The lowest BCUT2D eigenvalue weighted by atomic mass is 9.97. The molecular weight excluding hydrogens is 218 g/mol. The van der Waals surface area contributed by atoms with E-state index in [2.05, 4.69) is 5.32 Å². The van der Waals surface area contributed by atoms with Gasteiger partial charge >= 0.3 is 0 Å². The maximum Gasteiger partial charge on any atom is 0.222 e. The minimum atomic E-state index is -0.777. The first kappa shape index (κ1) is 14.5. The monoisotopic (exact) mass is 243 g/mol. The van der Waals surface area contributed by atoms with Gasteiger partial charge in [-0.25, -0.2) is 0 Å². The van der Waals surface area contributed by atoms with Gasteiger partial charge in [0.15, 0.2) is 0 Å². The highest BCUT2D eigenvalue weighted by Crippen LogP contribution is 2.32. The molecule has 0 aliphatic heterocycles. The van der Waals surface area contributed by atoms with Crippen LogP contribution in [0.3, 0.4) is 0 Å².